The van der Waals surface area contributed by atoms with E-state index in [2.05, 4.69) is 5.32 Å². The molecule has 0 radical (unpaired) electrons. The van der Waals surface area contributed by atoms with Crippen molar-refractivity contribution in [3.63, 3.8) is 0 Å². The number of aliphatic hydroxyl groups is 1. The van der Waals surface area contributed by atoms with Crippen molar-refractivity contribution >= 4 is 12.0 Å². The molecule has 0 saturated heterocycles. The third-order valence-electron chi connectivity index (χ3n) is 2.55. The summed E-state index contributed by atoms with van der Waals surface area (Å²) >= 11 is 0. The van der Waals surface area contributed by atoms with Crippen LogP contribution < -0.4 is 5.32 Å². The number of nitrogens with one attached hydrogen (secondary N) is 1. The number of carbonyl (C=O) groups excluding carboxylic acids is 1. The van der Waals surface area contributed by atoms with Gasteiger partial charge in [-0.1, -0.05) is 12.1 Å². The van der Waals surface area contributed by atoms with E-state index in [1.807, 2.05) is 6.07 Å². The summed E-state index contributed by atoms with van der Waals surface area (Å²) in [6.07, 6.45) is -1.63. The zero-order chi connectivity index (χ0) is 15.1. The molecule has 0 aliphatic rings. The van der Waals surface area contributed by atoms with Crippen LogP contribution in [0.15, 0.2) is 24.3 Å². The minimum Gasteiger partial charge on any atom is -0.479 e. The van der Waals surface area contributed by atoms with Crippen molar-refractivity contribution in [2.75, 3.05) is 13.6 Å². The van der Waals surface area contributed by atoms with Crippen molar-refractivity contribution in [2.24, 2.45) is 0 Å². The van der Waals surface area contributed by atoms with Gasteiger partial charge in [-0.2, -0.15) is 5.26 Å². The van der Waals surface area contributed by atoms with Gasteiger partial charge in [-0.15, -0.1) is 0 Å². The molecule has 3 N–H and O–H groups in total. The van der Waals surface area contributed by atoms with Crippen LogP contribution in [0, 0.1) is 11.3 Å². The molecule has 0 saturated carbocycles. The molecule has 0 fully saturated rings. The monoisotopic (exact) mass is 277 g/mol. The number of aliphatic carboxylic acids is 1. The van der Waals surface area contributed by atoms with E-state index in [9.17, 15) is 9.59 Å². The van der Waals surface area contributed by atoms with Crippen molar-refractivity contribution < 1.29 is 19.8 Å². The maximum Gasteiger partial charge on any atom is 0.334 e. The Morgan fingerprint density at radius 2 is 2.20 bits per heavy atom. The maximum atomic E-state index is 11.7. The first-order valence-corrected chi connectivity index (χ1v) is 5.83. The fourth-order valence-electron chi connectivity index (χ4n) is 1.49. The first kappa shape index (κ1) is 15.5. The molecule has 0 bridgehead atoms. The molecule has 0 aromatic heterocycles. The van der Waals surface area contributed by atoms with Gasteiger partial charge in [0.1, 0.15) is 0 Å². The lowest BCUT2D eigenvalue weighted by Gasteiger charge is -2.18. The Labute approximate surface area is 116 Å². The van der Waals surface area contributed by atoms with E-state index >= 15 is 0 Å². The molecule has 0 heterocycles. The molecule has 0 aliphatic heterocycles. The van der Waals surface area contributed by atoms with Gasteiger partial charge in [0.25, 0.3) is 0 Å². The highest BCUT2D eigenvalue weighted by Crippen LogP contribution is 2.06. The van der Waals surface area contributed by atoms with Crippen LogP contribution in [0.1, 0.15) is 11.1 Å². The topological polar surface area (TPSA) is 114 Å². The molecule has 0 spiro atoms. The average Bonchev–Trinajstić information content (AvgIpc) is 2.44. The molecule has 0 aliphatic carbocycles. The zero-order valence-electron chi connectivity index (χ0n) is 10.9. The number of carboxylic acid groups (broad SMARTS) is 1. The van der Waals surface area contributed by atoms with Gasteiger partial charge in [0.15, 0.2) is 6.10 Å². The van der Waals surface area contributed by atoms with Gasteiger partial charge in [0.05, 0.1) is 18.2 Å². The second-order valence-corrected chi connectivity index (χ2v) is 4.21. The molecule has 1 unspecified atom stereocenters. The lowest BCUT2D eigenvalue weighted by atomic mass is 10.1. The Morgan fingerprint density at radius 1 is 1.50 bits per heavy atom. The summed E-state index contributed by atoms with van der Waals surface area (Å²) < 4.78 is 0. The number of nitriles is 1. The van der Waals surface area contributed by atoms with E-state index in [1.165, 1.54) is 11.9 Å². The van der Waals surface area contributed by atoms with E-state index < -0.39 is 18.1 Å². The molecule has 1 aromatic rings. The summed E-state index contributed by atoms with van der Waals surface area (Å²) in [6, 6.07) is 8.31. The molecule has 1 atom stereocenters. The van der Waals surface area contributed by atoms with Crippen LogP contribution in [0.2, 0.25) is 0 Å². The highest BCUT2D eigenvalue weighted by atomic mass is 16.4. The number of amides is 2. The normalized spacial score (nSPS) is 11.2. The number of carboxylic acids is 1. The van der Waals surface area contributed by atoms with Gasteiger partial charge >= 0.3 is 12.0 Å². The second-order valence-electron chi connectivity index (χ2n) is 4.21. The number of rotatable bonds is 5. The van der Waals surface area contributed by atoms with Gasteiger partial charge in [0, 0.05) is 13.6 Å². The van der Waals surface area contributed by atoms with Crippen LogP contribution in [-0.4, -0.2) is 46.8 Å². The van der Waals surface area contributed by atoms with E-state index in [0.29, 0.717) is 5.56 Å². The van der Waals surface area contributed by atoms with E-state index in [0.717, 1.165) is 5.56 Å². The van der Waals surface area contributed by atoms with Gasteiger partial charge in [0.2, 0.25) is 0 Å². The molecule has 20 heavy (non-hydrogen) atoms. The molecule has 7 heteroatoms. The summed E-state index contributed by atoms with van der Waals surface area (Å²) in [7, 11) is 1.53. The molecular formula is C13H15N3O4. The summed E-state index contributed by atoms with van der Waals surface area (Å²) in [4.78, 5) is 23.4. The first-order chi connectivity index (χ1) is 9.43. The Kier molecular flexibility index (Phi) is 5.50. The third-order valence-corrected chi connectivity index (χ3v) is 2.55. The minimum absolute atomic E-state index is 0.268. The highest BCUT2D eigenvalue weighted by Gasteiger charge is 2.16. The lowest BCUT2D eigenvalue weighted by molar-refractivity contribution is -0.146. The number of hydrogen-bond donors (Lipinski definition) is 3. The summed E-state index contributed by atoms with van der Waals surface area (Å²) in [6.45, 7) is -0.0960. The Hall–Kier alpha value is -2.59. The van der Waals surface area contributed by atoms with Crippen molar-refractivity contribution in [3.05, 3.63) is 35.4 Å². The minimum atomic E-state index is -1.63. The van der Waals surface area contributed by atoms with Crippen LogP contribution >= 0.6 is 0 Å². The summed E-state index contributed by atoms with van der Waals surface area (Å²) in [5.41, 5.74) is 1.28. The van der Waals surface area contributed by atoms with Gasteiger partial charge in [-0.05, 0) is 17.7 Å². The summed E-state index contributed by atoms with van der Waals surface area (Å²) in [5.74, 6) is -1.39. The predicted octanol–water partition coefficient (Wildman–Crippen LogP) is 0.145. The molecular weight excluding hydrogens is 262 g/mol. The smallest absolute Gasteiger partial charge is 0.334 e. The van der Waals surface area contributed by atoms with E-state index in [-0.39, 0.29) is 13.1 Å². The number of nitrogens with zero attached hydrogens (tertiary/aromatic N) is 2. The largest absolute Gasteiger partial charge is 0.479 e. The fraction of sp³-hybridized carbons (Fsp3) is 0.308. The SMILES string of the molecule is CN(Cc1cccc(C#N)c1)C(=O)NCC(O)C(=O)O. The van der Waals surface area contributed by atoms with Crippen molar-refractivity contribution in [1.82, 2.24) is 10.2 Å². The van der Waals surface area contributed by atoms with Crippen LogP contribution in [0.3, 0.4) is 0 Å². The van der Waals surface area contributed by atoms with E-state index in [1.54, 1.807) is 24.3 Å². The highest BCUT2D eigenvalue weighted by molar-refractivity contribution is 5.76. The zero-order valence-corrected chi connectivity index (χ0v) is 10.9. The Balaban J connectivity index is 2.53. The number of hydrogen-bond acceptors (Lipinski definition) is 4. The van der Waals surface area contributed by atoms with Crippen LogP contribution in [0.4, 0.5) is 4.79 Å². The number of carbonyl (C=O) groups is 2. The van der Waals surface area contributed by atoms with E-state index in [4.69, 9.17) is 15.5 Å². The number of urea groups is 1. The standard InChI is InChI=1S/C13H15N3O4/c1-16(13(20)15-7-11(17)12(18)19)8-10-4-2-3-9(5-10)6-14/h2-5,11,17H,7-8H2,1H3,(H,15,20)(H,18,19). The van der Waals surface area contributed by atoms with Gasteiger partial charge in [-0.25, -0.2) is 9.59 Å². The molecule has 1 aromatic carbocycles. The summed E-state index contributed by atoms with van der Waals surface area (Å²) in [5, 5.41) is 28.6. The maximum absolute atomic E-state index is 11.7. The van der Waals surface area contributed by atoms with Crippen molar-refractivity contribution in [1.29, 1.82) is 5.26 Å². The fourth-order valence-corrected chi connectivity index (χ4v) is 1.49. The Morgan fingerprint density at radius 3 is 2.80 bits per heavy atom. The third kappa shape index (κ3) is 4.59. The number of aliphatic hydroxyl groups excluding tert-OH is 1. The molecule has 2 amide bonds. The van der Waals surface area contributed by atoms with Crippen LogP contribution in [0.25, 0.3) is 0 Å². The van der Waals surface area contributed by atoms with Crippen molar-refractivity contribution in [2.45, 2.75) is 12.6 Å². The average molecular weight is 277 g/mol. The van der Waals surface area contributed by atoms with Gasteiger partial charge in [-0.3, -0.25) is 0 Å². The lowest BCUT2D eigenvalue weighted by Crippen LogP contribution is -2.42. The molecule has 7 nitrogen and oxygen atoms in total. The predicted molar refractivity (Wildman–Crippen MR) is 69.7 cm³/mol. The first-order valence-electron chi connectivity index (χ1n) is 5.83. The second kappa shape index (κ2) is 7.11. The molecule has 106 valence electrons. The number of benzene rings is 1. The van der Waals surface area contributed by atoms with Gasteiger partial charge < -0.3 is 20.4 Å². The van der Waals surface area contributed by atoms with Crippen LogP contribution in [-0.2, 0) is 11.3 Å². The van der Waals surface area contributed by atoms with Crippen molar-refractivity contribution in [3.8, 4) is 6.07 Å². The Bertz CT molecular complexity index is 539. The van der Waals surface area contributed by atoms with Crippen LogP contribution in [0.5, 0.6) is 0 Å². The molecule has 1 rings (SSSR count). The quantitative estimate of drug-likeness (QED) is 0.708.